The molecule has 13 heteroatoms. The molecule has 41 heavy (non-hydrogen) atoms. The molecule has 0 saturated carbocycles. The molecule has 2 aromatic carbocycles. The number of phenols is 1. The fourth-order valence-corrected chi connectivity index (χ4v) is 6.43. The van der Waals surface area contributed by atoms with Crippen molar-refractivity contribution in [1.82, 2.24) is 5.32 Å². The van der Waals surface area contributed by atoms with E-state index in [1.165, 1.54) is 14.2 Å². The molecular formula is C28H33NO12. The van der Waals surface area contributed by atoms with Gasteiger partial charge in [-0.2, -0.15) is 0 Å². The van der Waals surface area contributed by atoms with Crippen molar-refractivity contribution in [3.8, 4) is 28.7 Å². The summed E-state index contributed by atoms with van der Waals surface area (Å²) in [5.74, 6) is -1.02. The highest BCUT2D eigenvalue weighted by Crippen LogP contribution is 2.57. The number of carbonyl (C=O) groups is 1. The second-order valence-electron chi connectivity index (χ2n) is 10.5. The van der Waals surface area contributed by atoms with Gasteiger partial charge in [-0.3, -0.25) is 4.79 Å². The Balaban J connectivity index is 1.49. The van der Waals surface area contributed by atoms with E-state index in [4.69, 9.17) is 33.2 Å². The number of aliphatic hydroxyl groups excluding tert-OH is 3. The summed E-state index contributed by atoms with van der Waals surface area (Å²) in [6, 6.07) is 6.08. The Hall–Kier alpha value is -3.33. The zero-order valence-electron chi connectivity index (χ0n) is 22.7. The van der Waals surface area contributed by atoms with E-state index in [9.17, 15) is 25.2 Å². The van der Waals surface area contributed by atoms with Crippen LogP contribution in [-0.4, -0.2) is 98.3 Å². The van der Waals surface area contributed by atoms with E-state index < -0.39 is 67.1 Å². The number of cyclic esters (lactones) is 1. The predicted molar refractivity (Wildman–Crippen MR) is 138 cm³/mol. The molecule has 0 amide bonds. The first-order chi connectivity index (χ1) is 19.8. The van der Waals surface area contributed by atoms with Crippen molar-refractivity contribution in [1.29, 1.82) is 0 Å². The molecule has 5 N–H and O–H groups in total. The topological polar surface area (TPSA) is 175 Å². The lowest BCUT2D eigenvalue weighted by Crippen LogP contribution is -2.63. The summed E-state index contributed by atoms with van der Waals surface area (Å²) in [6.07, 6.45) is -5.58. The number of carbonyl (C=O) groups excluding carboxylic acids is 1. The van der Waals surface area contributed by atoms with Gasteiger partial charge in [0.1, 0.15) is 18.3 Å². The van der Waals surface area contributed by atoms with E-state index in [2.05, 4.69) is 5.32 Å². The number of rotatable bonds is 7. The van der Waals surface area contributed by atoms with Gasteiger partial charge in [-0.05, 0) is 48.0 Å². The molecule has 6 rings (SSSR count). The third-order valence-corrected chi connectivity index (χ3v) is 8.48. The fraction of sp³-hybridized carbons (Fsp3) is 0.536. The molecule has 13 nitrogen and oxygen atoms in total. The monoisotopic (exact) mass is 575 g/mol. The van der Waals surface area contributed by atoms with E-state index in [-0.39, 0.29) is 30.6 Å². The van der Waals surface area contributed by atoms with E-state index in [0.29, 0.717) is 28.2 Å². The number of esters is 1. The molecule has 3 aliphatic heterocycles. The van der Waals surface area contributed by atoms with Crippen LogP contribution in [0, 0.1) is 11.8 Å². The Morgan fingerprint density at radius 2 is 1.63 bits per heavy atom. The lowest BCUT2D eigenvalue weighted by atomic mass is 9.66. The third-order valence-electron chi connectivity index (χ3n) is 8.48. The number of aliphatic hydroxyl groups is 3. The first-order valence-corrected chi connectivity index (χ1v) is 13.3. The van der Waals surface area contributed by atoms with Crippen LogP contribution in [0.3, 0.4) is 0 Å². The minimum absolute atomic E-state index is 0.0278. The van der Waals surface area contributed by atoms with E-state index in [1.54, 1.807) is 31.3 Å². The average molecular weight is 576 g/mol. The summed E-state index contributed by atoms with van der Waals surface area (Å²) in [5, 5.41) is 44.4. The molecule has 1 aliphatic carbocycles. The summed E-state index contributed by atoms with van der Waals surface area (Å²) in [6.45, 7) is -0.453. The van der Waals surface area contributed by atoms with Crippen LogP contribution in [-0.2, 0) is 19.0 Å². The highest BCUT2D eigenvalue weighted by molar-refractivity contribution is 5.79. The SMILES string of the molecule is CN[C@@H]1[C@@H](O[C@@H]2c3cc4c(cc3[C@@H](c3cc(OC)c(O)c(OC)c3)[C@H]3C(=O)OC[C@@H]32)OCO4)O[C@@H](CO)[C@H](O)[C@H]1O. The van der Waals surface area contributed by atoms with Crippen molar-refractivity contribution in [3.63, 3.8) is 0 Å². The lowest BCUT2D eigenvalue weighted by molar-refractivity contribution is -0.289. The fourth-order valence-electron chi connectivity index (χ4n) is 6.43. The van der Waals surface area contributed by atoms with Crippen LogP contribution in [0.25, 0.3) is 0 Å². The summed E-state index contributed by atoms with van der Waals surface area (Å²) < 4.78 is 40.2. The van der Waals surface area contributed by atoms with Crippen molar-refractivity contribution in [2.75, 3.05) is 41.3 Å². The molecular weight excluding hydrogens is 542 g/mol. The van der Waals surface area contributed by atoms with Crippen molar-refractivity contribution in [3.05, 3.63) is 41.0 Å². The third kappa shape index (κ3) is 4.44. The minimum atomic E-state index is -1.34. The Labute approximate surface area is 235 Å². The molecule has 9 atom stereocenters. The number of phenolic OH excluding ortho intramolecular Hbond substituents is 1. The summed E-state index contributed by atoms with van der Waals surface area (Å²) in [7, 11) is 4.45. The van der Waals surface area contributed by atoms with Gasteiger partial charge in [0, 0.05) is 11.8 Å². The highest BCUT2D eigenvalue weighted by atomic mass is 16.7. The molecule has 0 unspecified atom stereocenters. The van der Waals surface area contributed by atoms with Crippen LogP contribution in [0.15, 0.2) is 24.3 Å². The molecule has 0 aromatic heterocycles. The Morgan fingerprint density at radius 3 is 2.24 bits per heavy atom. The number of hydrogen-bond acceptors (Lipinski definition) is 13. The smallest absolute Gasteiger partial charge is 0.310 e. The highest BCUT2D eigenvalue weighted by Gasteiger charge is 2.55. The number of likely N-dealkylation sites (N-methyl/N-ethyl adjacent to an activating group) is 1. The largest absolute Gasteiger partial charge is 0.502 e. The van der Waals surface area contributed by atoms with Gasteiger partial charge in [-0.1, -0.05) is 0 Å². The van der Waals surface area contributed by atoms with Gasteiger partial charge in [0.15, 0.2) is 29.3 Å². The summed E-state index contributed by atoms with van der Waals surface area (Å²) in [4.78, 5) is 13.4. The molecule has 2 aromatic rings. The quantitative estimate of drug-likeness (QED) is 0.283. The maximum atomic E-state index is 13.4. The molecule has 2 saturated heterocycles. The number of benzene rings is 2. The van der Waals surface area contributed by atoms with Crippen molar-refractivity contribution < 1.29 is 58.4 Å². The van der Waals surface area contributed by atoms with Gasteiger partial charge >= 0.3 is 5.97 Å². The second kappa shape index (κ2) is 10.8. The first-order valence-electron chi connectivity index (χ1n) is 13.3. The van der Waals surface area contributed by atoms with Crippen molar-refractivity contribution in [2.24, 2.45) is 11.8 Å². The average Bonchev–Trinajstić information content (AvgIpc) is 3.60. The number of ether oxygens (including phenoxy) is 7. The molecule has 3 heterocycles. The van der Waals surface area contributed by atoms with Crippen LogP contribution in [0.5, 0.6) is 28.7 Å². The first kappa shape index (κ1) is 27.8. The van der Waals surface area contributed by atoms with Crippen LogP contribution >= 0.6 is 0 Å². The number of aromatic hydroxyl groups is 1. The molecule has 0 radical (unpaired) electrons. The van der Waals surface area contributed by atoms with E-state index in [1.807, 2.05) is 0 Å². The number of hydrogen-bond donors (Lipinski definition) is 5. The van der Waals surface area contributed by atoms with Crippen LogP contribution in [0.1, 0.15) is 28.7 Å². The number of fused-ring (bicyclic) bond motifs is 3. The van der Waals surface area contributed by atoms with Gasteiger partial charge in [0.05, 0.1) is 45.5 Å². The van der Waals surface area contributed by atoms with E-state index in [0.717, 1.165) is 0 Å². The summed E-state index contributed by atoms with van der Waals surface area (Å²) in [5.41, 5.74) is 2.03. The summed E-state index contributed by atoms with van der Waals surface area (Å²) >= 11 is 0. The Morgan fingerprint density at radius 1 is 0.976 bits per heavy atom. The molecule has 222 valence electrons. The molecule has 2 fully saturated rings. The lowest BCUT2D eigenvalue weighted by Gasteiger charge is -2.45. The molecule has 4 aliphatic rings. The van der Waals surface area contributed by atoms with Gasteiger partial charge in [-0.25, -0.2) is 0 Å². The van der Waals surface area contributed by atoms with E-state index >= 15 is 0 Å². The molecule has 0 bridgehead atoms. The van der Waals surface area contributed by atoms with Gasteiger partial charge in [0.25, 0.3) is 0 Å². The van der Waals surface area contributed by atoms with Crippen LogP contribution in [0.4, 0.5) is 0 Å². The Kier molecular flexibility index (Phi) is 7.34. The van der Waals surface area contributed by atoms with Crippen molar-refractivity contribution >= 4 is 5.97 Å². The minimum Gasteiger partial charge on any atom is -0.502 e. The normalized spacial score (nSPS) is 33.6. The maximum Gasteiger partial charge on any atom is 0.310 e. The number of methoxy groups -OCH3 is 2. The maximum absolute atomic E-state index is 13.4. The standard InChI is InChI=1S/C28H33NO12/c1-29-22-25(33)24(32)19(8-30)40-28(22)41-26-13-7-16-15(38-10-39-16)6-12(13)20(21-14(26)9-37-27(21)34)11-4-17(35-2)23(31)18(5-11)36-3/h4-7,14,19-22,24-26,28-33H,8-10H2,1-3H3/t14-,19-,20+,21-,22-,24-,25-,26+,28+/m0/s1. The Bertz CT molecular complexity index is 1290. The zero-order chi connectivity index (χ0) is 29.0. The van der Waals surface area contributed by atoms with Crippen molar-refractivity contribution in [2.45, 2.75) is 42.7 Å². The molecule has 0 spiro atoms. The van der Waals surface area contributed by atoms with Crippen LogP contribution in [0.2, 0.25) is 0 Å². The number of nitrogens with one attached hydrogen (secondary N) is 1. The predicted octanol–water partition coefficient (Wildman–Crippen LogP) is 0.157. The van der Waals surface area contributed by atoms with Gasteiger partial charge in [0.2, 0.25) is 12.5 Å². The second-order valence-corrected chi connectivity index (χ2v) is 10.5. The van der Waals surface area contributed by atoms with Gasteiger partial charge in [-0.15, -0.1) is 0 Å². The zero-order valence-corrected chi connectivity index (χ0v) is 22.7. The van der Waals surface area contributed by atoms with Crippen LogP contribution < -0.4 is 24.3 Å². The van der Waals surface area contributed by atoms with Gasteiger partial charge < -0.3 is 58.9 Å².